The van der Waals surface area contributed by atoms with Crippen LogP contribution in [0.3, 0.4) is 0 Å². The van der Waals surface area contributed by atoms with E-state index >= 15 is 0 Å². The molecular weight excluding hydrogens is 341 g/mol. The Hall–Kier alpha value is -2.10. The van der Waals surface area contributed by atoms with Gasteiger partial charge in [-0.25, -0.2) is 0 Å². The number of aromatic nitrogens is 2. The summed E-state index contributed by atoms with van der Waals surface area (Å²) in [6.45, 7) is 2.61. The Morgan fingerprint density at radius 3 is 2.79 bits per heavy atom. The second kappa shape index (κ2) is 6.08. The Labute approximate surface area is 150 Å². The van der Waals surface area contributed by atoms with Crippen LogP contribution >= 0.6 is 23.2 Å². The van der Waals surface area contributed by atoms with E-state index in [1.54, 1.807) is 6.07 Å². The molecule has 3 nitrogen and oxygen atoms in total. The Kier molecular flexibility index (Phi) is 3.91. The van der Waals surface area contributed by atoms with Crippen molar-refractivity contribution >= 4 is 28.9 Å². The second-order valence-corrected chi connectivity index (χ2v) is 6.55. The van der Waals surface area contributed by atoms with Gasteiger partial charge in [-0.2, -0.15) is 0 Å². The minimum absolute atomic E-state index is 0.512. The summed E-state index contributed by atoms with van der Waals surface area (Å²) in [7, 11) is 0. The molecule has 0 saturated heterocycles. The maximum absolute atomic E-state index is 6.41. The van der Waals surface area contributed by atoms with Crippen molar-refractivity contribution in [2.75, 3.05) is 0 Å². The summed E-state index contributed by atoms with van der Waals surface area (Å²) in [6, 6.07) is 11.9. The summed E-state index contributed by atoms with van der Waals surface area (Å²) in [5.74, 6) is 0. The first-order chi connectivity index (χ1) is 11.7. The number of aryl methyl sites for hydroxylation is 1. The lowest BCUT2D eigenvalue weighted by molar-refractivity contribution is 1.02. The number of pyridine rings is 1. The van der Waals surface area contributed by atoms with E-state index < -0.39 is 0 Å². The van der Waals surface area contributed by atoms with Crippen LogP contribution < -0.4 is 0 Å². The molecule has 0 bridgehead atoms. The van der Waals surface area contributed by atoms with Crippen LogP contribution in [-0.2, 0) is 13.0 Å². The van der Waals surface area contributed by atoms with Gasteiger partial charge in [0, 0.05) is 39.3 Å². The SMILES string of the molecule is CCc1ccc(C2=NCc3c(Cl)cc(Cl)cc3-n3cccc32)cn1. The van der Waals surface area contributed by atoms with Crippen molar-refractivity contribution in [3.8, 4) is 5.69 Å². The summed E-state index contributed by atoms with van der Waals surface area (Å²) in [4.78, 5) is 9.33. The zero-order valence-electron chi connectivity index (χ0n) is 13.1. The third-order valence-corrected chi connectivity index (χ3v) is 4.80. The van der Waals surface area contributed by atoms with E-state index in [0.29, 0.717) is 16.6 Å². The van der Waals surface area contributed by atoms with Crippen molar-refractivity contribution in [2.45, 2.75) is 19.9 Å². The van der Waals surface area contributed by atoms with Gasteiger partial charge in [0.1, 0.15) is 0 Å². The summed E-state index contributed by atoms with van der Waals surface area (Å²) < 4.78 is 2.09. The molecule has 1 aliphatic rings. The quantitative estimate of drug-likeness (QED) is 0.629. The number of aliphatic imine (C=N–C) groups is 1. The highest BCUT2D eigenvalue weighted by Gasteiger charge is 2.20. The van der Waals surface area contributed by atoms with Crippen molar-refractivity contribution in [1.82, 2.24) is 9.55 Å². The molecule has 1 aliphatic heterocycles. The summed E-state index contributed by atoms with van der Waals surface area (Å²) in [5.41, 5.74) is 5.95. The van der Waals surface area contributed by atoms with Gasteiger partial charge in [-0.05, 0) is 42.8 Å². The maximum Gasteiger partial charge on any atom is 0.0906 e. The molecule has 0 radical (unpaired) electrons. The predicted molar refractivity (Wildman–Crippen MR) is 98.7 cm³/mol. The predicted octanol–water partition coefficient (Wildman–Crippen LogP) is 5.09. The molecule has 5 heteroatoms. The normalized spacial score (nSPS) is 13.0. The standard InChI is InChI=1S/C19H15Cl2N3/c1-2-14-6-5-12(10-22-14)19-17-4-3-7-24(17)18-9-13(20)8-16(21)15(18)11-23-19/h3-10H,2,11H2,1H3. The molecule has 0 aliphatic carbocycles. The number of fused-ring (bicyclic) bond motifs is 3. The first kappa shape index (κ1) is 15.4. The van der Waals surface area contributed by atoms with Crippen LogP contribution in [0.25, 0.3) is 5.69 Å². The van der Waals surface area contributed by atoms with E-state index in [9.17, 15) is 0 Å². The largest absolute Gasteiger partial charge is 0.315 e. The molecule has 0 fully saturated rings. The number of nitrogens with zero attached hydrogens (tertiary/aromatic N) is 3. The number of halogens is 2. The third kappa shape index (κ3) is 2.54. The van der Waals surface area contributed by atoms with Crippen molar-refractivity contribution in [3.05, 3.63) is 81.4 Å². The molecule has 0 N–H and O–H groups in total. The lowest BCUT2D eigenvalue weighted by Crippen LogP contribution is -2.09. The van der Waals surface area contributed by atoms with E-state index in [4.69, 9.17) is 28.2 Å². The van der Waals surface area contributed by atoms with Crippen molar-refractivity contribution in [2.24, 2.45) is 4.99 Å². The van der Waals surface area contributed by atoms with E-state index in [1.807, 2.05) is 30.6 Å². The van der Waals surface area contributed by atoms with Gasteiger partial charge in [0.05, 0.1) is 23.6 Å². The highest BCUT2D eigenvalue weighted by atomic mass is 35.5. The minimum atomic E-state index is 0.512. The lowest BCUT2D eigenvalue weighted by atomic mass is 10.1. The molecular formula is C19H15Cl2N3. The van der Waals surface area contributed by atoms with Gasteiger partial charge >= 0.3 is 0 Å². The number of hydrogen-bond acceptors (Lipinski definition) is 2. The van der Waals surface area contributed by atoms with Crippen molar-refractivity contribution < 1.29 is 0 Å². The molecule has 3 aromatic rings. The monoisotopic (exact) mass is 355 g/mol. The molecule has 4 rings (SSSR count). The average Bonchev–Trinajstić information content (AvgIpc) is 3.00. The molecule has 0 unspecified atom stereocenters. The van der Waals surface area contributed by atoms with Gasteiger partial charge in [-0.1, -0.05) is 30.1 Å². The molecule has 0 amide bonds. The number of hydrogen-bond donors (Lipinski definition) is 0. The Balaban J connectivity index is 1.89. The lowest BCUT2D eigenvalue weighted by Gasteiger charge is -2.12. The topological polar surface area (TPSA) is 30.2 Å². The zero-order chi connectivity index (χ0) is 16.7. The molecule has 0 spiro atoms. The van der Waals surface area contributed by atoms with Gasteiger partial charge < -0.3 is 4.57 Å². The molecule has 120 valence electrons. The fourth-order valence-corrected chi connectivity index (χ4v) is 3.54. The fraction of sp³-hybridized carbons (Fsp3) is 0.158. The Morgan fingerprint density at radius 2 is 2.04 bits per heavy atom. The first-order valence-corrected chi connectivity index (χ1v) is 8.58. The highest BCUT2D eigenvalue weighted by molar-refractivity contribution is 6.35. The molecule has 24 heavy (non-hydrogen) atoms. The minimum Gasteiger partial charge on any atom is -0.315 e. The van der Waals surface area contributed by atoms with E-state index in [-0.39, 0.29) is 0 Å². The van der Waals surface area contributed by atoms with Crippen LogP contribution in [0, 0.1) is 0 Å². The summed E-state index contributed by atoms with van der Waals surface area (Å²) in [6.07, 6.45) is 4.82. The summed E-state index contributed by atoms with van der Waals surface area (Å²) >= 11 is 12.6. The van der Waals surface area contributed by atoms with Gasteiger partial charge in [0.25, 0.3) is 0 Å². The van der Waals surface area contributed by atoms with Crippen LogP contribution in [0.5, 0.6) is 0 Å². The molecule has 2 aromatic heterocycles. The Morgan fingerprint density at radius 1 is 1.17 bits per heavy atom. The number of rotatable bonds is 2. The van der Waals surface area contributed by atoms with Crippen LogP contribution in [0.2, 0.25) is 10.0 Å². The smallest absolute Gasteiger partial charge is 0.0906 e. The van der Waals surface area contributed by atoms with Crippen LogP contribution in [0.4, 0.5) is 0 Å². The maximum atomic E-state index is 6.41. The fourth-order valence-electron chi connectivity index (χ4n) is 3.00. The van der Waals surface area contributed by atoms with Gasteiger partial charge in [0.15, 0.2) is 0 Å². The van der Waals surface area contributed by atoms with E-state index in [0.717, 1.165) is 40.3 Å². The third-order valence-electron chi connectivity index (χ3n) is 4.24. The van der Waals surface area contributed by atoms with Crippen LogP contribution in [0.15, 0.2) is 53.8 Å². The zero-order valence-corrected chi connectivity index (χ0v) is 14.6. The van der Waals surface area contributed by atoms with Gasteiger partial charge in [0.2, 0.25) is 0 Å². The van der Waals surface area contributed by atoms with Crippen LogP contribution in [-0.4, -0.2) is 15.3 Å². The molecule has 3 heterocycles. The van der Waals surface area contributed by atoms with E-state index in [1.165, 1.54) is 0 Å². The van der Waals surface area contributed by atoms with Gasteiger partial charge in [-0.3, -0.25) is 9.98 Å². The Bertz CT molecular complexity index is 940. The average molecular weight is 356 g/mol. The van der Waals surface area contributed by atoms with Crippen LogP contribution in [0.1, 0.15) is 29.4 Å². The van der Waals surface area contributed by atoms with Crippen molar-refractivity contribution in [3.63, 3.8) is 0 Å². The second-order valence-electron chi connectivity index (χ2n) is 5.71. The van der Waals surface area contributed by atoms with E-state index in [2.05, 4.69) is 28.6 Å². The molecule has 0 saturated carbocycles. The molecule has 1 aromatic carbocycles. The highest BCUT2D eigenvalue weighted by Crippen LogP contribution is 2.32. The van der Waals surface area contributed by atoms with Crippen molar-refractivity contribution in [1.29, 1.82) is 0 Å². The summed E-state index contributed by atoms with van der Waals surface area (Å²) in [5, 5.41) is 1.26. The number of benzene rings is 1. The van der Waals surface area contributed by atoms with Gasteiger partial charge in [-0.15, -0.1) is 0 Å². The molecule has 0 atom stereocenters. The first-order valence-electron chi connectivity index (χ1n) is 7.83.